The molecule has 0 aliphatic heterocycles. The van der Waals surface area contributed by atoms with E-state index in [1.807, 2.05) is 22.6 Å². The lowest BCUT2D eigenvalue weighted by atomic mass is 10.2. The third-order valence-electron chi connectivity index (χ3n) is 1.66. The van der Waals surface area contributed by atoms with Crippen LogP contribution in [-0.2, 0) is 9.53 Å². The van der Waals surface area contributed by atoms with E-state index in [4.69, 9.17) is 11.6 Å². The monoisotopic (exact) mass is 339 g/mol. The normalized spacial score (nSPS) is 9.53. The van der Waals surface area contributed by atoms with E-state index in [1.165, 1.54) is 13.2 Å². The number of carbonyl (C=O) groups excluding carboxylic acids is 2. The molecule has 0 saturated heterocycles. The van der Waals surface area contributed by atoms with Crippen LogP contribution in [0.25, 0.3) is 0 Å². The number of hydrogen-bond donors (Lipinski definition) is 1. The predicted octanol–water partition coefficient (Wildman–Crippen LogP) is 2.30. The molecule has 0 aliphatic rings. The lowest BCUT2D eigenvalue weighted by Crippen LogP contribution is -2.08. The number of ether oxygens (including phenoxy) is 1. The molecule has 6 heteroatoms. The minimum atomic E-state index is -0.542. The van der Waals surface area contributed by atoms with Crippen molar-refractivity contribution < 1.29 is 14.3 Å². The fraction of sp³-hybridized carbons (Fsp3) is 0.111. The molecule has 0 aromatic heterocycles. The van der Waals surface area contributed by atoms with E-state index in [1.54, 1.807) is 6.07 Å². The number of methoxy groups -OCH3 is 1. The third kappa shape index (κ3) is 2.82. The number of halogens is 2. The SMILES string of the molecule is COC(=O)c1cc(Cl)cc(I)c1NC=O. The van der Waals surface area contributed by atoms with E-state index < -0.39 is 5.97 Å². The standard InChI is InChI=1S/C9H7ClINO3/c1-15-9(14)6-2-5(10)3-7(11)8(6)12-4-13/h2-4H,1H3,(H,12,13). The largest absolute Gasteiger partial charge is 0.465 e. The zero-order valence-corrected chi connectivity index (χ0v) is 10.6. The van der Waals surface area contributed by atoms with Gasteiger partial charge in [0.1, 0.15) is 0 Å². The molecule has 0 bridgehead atoms. The van der Waals surface area contributed by atoms with Gasteiger partial charge in [-0.25, -0.2) is 4.79 Å². The summed E-state index contributed by atoms with van der Waals surface area (Å²) in [6.07, 6.45) is 0.498. The fourth-order valence-corrected chi connectivity index (χ4v) is 2.23. The minimum absolute atomic E-state index is 0.238. The van der Waals surface area contributed by atoms with Crippen molar-refractivity contribution in [3.8, 4) is 0 Å². The highest BCUT2D eigenvalue weighted by atomic mass is 127. The lowest BCUT2D eigenvalue weighted by Gasteiger charge is -2.09. The molecule has 1 amide bonds. The Labute approximate surface area is 105 Å². The van der Waals surface area contributed by atoms with E-state index >= 15 is 0 Å². The van der Waals surface area contributed by atoms with E-state index in [9.17, 15) is 9.59 Å². The summed E-state index contributed by atoms with van der Waals surface area (Å²) in [5, 5.41) is 2.85. The highest BCUT2D eigenvalue weighted by Crippen LogP contribution is 2.27. The summed E-state index contributed by atoms with van der Waals surface area (Å²) in [5.41, 5.74) is 0.642. The highest BCUT2D eigenvalue weighted by molar-refractivity contribution is 14.1. The first-order valence-corrected chi connectivity index (χ1v) is 5.33. The molecule has 0 atom stereocenters. The van der Waals surface area contributed by atoms with Crippen LogP contribution in [0.3, 0.4) is 0 Å². The van der Waals surface area contributed by atoms with Crippen molar-refractivity contribution in [3.63, 3.8) is 0 Å². The van der Waals surface area contributed by atoms with Gasteiger partial charge in [-0.1, -0.05) is 11.6 Å². The molecule has 0 heterocycles. The summed E-state index contributed by atoms with van der Waals surface area (Å²) in [7, 11) is 1.26. The molecule has 1 N–H and O–H groups in total. The molecule has 0 fully saturated rings. The summed E-state index contributed by atoms with van der Waals surface area (Å²) in [4.78, 5) is 21.7. The van der Waals surface area contributed by atoms with E-state index in [0.29, 0.717) is 20.7 Å². The summed E-state index contributed by atoms with van der Waals surface area (Å²) in [6.45, 7) is 0. The predicted molar refractivity (Wildman–Crippen MR) is 65.2 cm³/mol. The molecule has 1 aromatic carbocycles. The van der Waals surface area contributed by atoms with Gasteiger partial charge in [-0.15, -0.1) is 0 Å². The maximum Gasteiger partial charge on any atom is 0.340 e. The average Bonchev–Trinajstić information content (AvgIpc) is 2.20. The second-order valence-corrected chi connectivity index (χ2v) is 4.16. The van der Waals surface area contributed by atoms with E-state index in [2.05, 4.69) is 10.1 Å². The Morgan fingerprint density at radius 2 is 2.27 bits per heavy atom. The van der Waals surface area contributed by atoms with Gasteiger partial charge in [-0.2, -0.15) is 0 Å². The number of hydrogen-bond acceptors (Lipinski definition) is 3. The van der Waals surface area contributed by atoms with Crippen LogP contribution in [0, 0.1) is 3.57 Å². The Hall–Kier alpha value is -0.820. The molecule has 80 valence electrons. The van der Waals surface area contributed by atoms with E-state index in [-0.39, 0.29) is 5.56 Å². The van der Waals surface area contributed by atoms with Crippen molar-refractivity contribution in [1.29, 1.82) is 0 Å². The van der Waals surface area contributed by atoms with Crippen LogP contribution in [0.1, 0.15) is 10.4 Å². The van der Waals surface area contributed by atoms with Crippen LogP contribution in [0.15, 0.2) is 12.1 Å². The minimum Gasteiger partial charge on any atom is -0.465 e. The smallest absolute Gasteiger partial charge is 0.340 e. The molecule has 1 rings (SSSR count). The quantitative estimate of drug-likeness (QED) is 0.522. The van der Waals surface area contributed by atoms with Crippen LogP contribution >= 0.6 is 34.2 Å². The average molecular weight is 340 g/mol. The summed E-state index contributed by atoms with van der Waals surface area (Å²) >= 11 is 7.77. The zero-order chi connectivity index (χ0) is 11.4. The number of anilines is 1. The molecule has 0 aliphatic carbocycles. The Kier molecular flexibility index (Phi) is 4.34. The first kappa shape index (κ1) is 12.3. The molecule has 0 unspecified atom stereocenters. The van der Waals surface area contributed by atoms with Gasteiger partial charge < -0.3 is 10.1 Å². The summed E-state index contributed by atoms with van der Waals surface area (Å²) in [5.74, 6) is -0.542. The summed E-state index contributed by atoms with van der Waals surface area (Å²) in [6, 6.07) is 3.09. The maximum atomic E-state index is 11.4. The van der Waals surface area contributed by atoms with Gasteiger partial charge in [-0.3, -0.25) is 4.79 Å². The molecule has 15 heavy (non-hydrogen) atoms. The van der Waals surface area contributed by atoms with Gasteiger partial charge in [0.25, 0.3) is 0 Å². The first-order chi connectivity index (χ1) is 7.10. The molecular formula is C9H7ClINO3. The zero-order valence-electron chi connectivity index (χ0n) is 7.71. The van der Waals surface area contributed by atoms with Crippen LogP contribution in [0.5, 0.6) is 0 Å². The maximum absolute atomic E-state index is 11.4. The lowest BCUT2D eigenvalue weighted by molar-refractivity contribution is -0.105. The fourth-order valence-electron chi connectivity index (χ4n) is 1.05. The van der Waals surface area contributed by atoms with Gasteiger partial charge >= 0.3 is 5.97 Å². The Morgan fingerprint density at radius 1 is 1.60 bits per heavy atom. The van der Waals surface area contributed by atoms with Crippen molar-refractivity contribution in [3.05, 3.63) is 26.3 Å². The number of benzene rings is 1. The van der Waals surface area contributed by atoms with Gasteiger partial charge in [0.2, 0.25) is 6.41 Å². The number of carbonyl (C=O) groups is 2. The Morgan fingerprint density at radius 3 is 2.80 bits per heavy atom. The van der Waals surface area contributed by atoms with Crippen molar-refractivity contribution >= 4 is 52.3 Å². The van der Waals surface area contributed by atoms with Crippen molar-refractivity contribution in [2.24, 2.45) is 0 Å². The van der Waals surface area contributed by atoms with Crippen LogP contribution in [0.2, 0.25) is 5.02 Å². The van der Waals surface area contributed by atoms with Crippen molar-refractivity contribution in [2.75, 3.05) is 12.4 Å². The second kappa shape index (κ2) is 5.32. The highest BCUT2D eigenvalue weighted by Gasteiger charge is 2.15. The Bertz CT molecular complexity index is 409. The number of esters is 1. The van der Waals surface area contributed by atoms with Gasteiger partial charge in [-0.05, 0) is 34.7 Å². The van der Waals surface area contributed by atoms with Gasteiger partial charge in [0.15, 0.2) is 0 Å². The van der Waals surface area contributed by atoms with Crippen molar-refractivity contribution in [1.82, 2.24) is 0 Å². The number of rotatable bonds is 3. The van der Waals surface area contributed by atoms with E-state index in [0.717, 1.165) is 0 Å². The number of nitrogens with one attached hydrogen (secondary N) is 1. The van der Waals surface area contributed by atoms with Gasteiger partial charge in [0.05, 0.1) is 18.4 Å². The second-order valence-electron chi connectivity index (χ2n) is 2.56. The van der Waals surface area contributed by atoms with Crippen molar-refractivity contribution in [2.45, 2.75) is 0 Å². The first-order valence-electron chi connectivity index (χ1n) is 3.87. The molecular weight excluding hydrogens is 332 g/mol. The third-order valence-corrected chi connectivity index (χ3v) is 2.73. The van der Waals surface area contributed by atoms with Crippen LogP contribution in [0.4, 0.5) is 5.69 Å². The number of amides is 1. The molecule has 0 saturated carbocycles. The molecule has 1 aromatic rings. The molecule has 0 spiro atoms. The summed E-state index contributed by atoms with van der Waals surface area (Å²) < 4.78 is 5.25. The molecule has 0 radical (unpaired) electrons. The Balaban J connectivity index is 3.32. The van der Waals surface area contributed by atoms with Crippen LogP contribution < -0.4 is 5.32 Å². The van der Waals surface area contributed by atoms with Crippen LogP contribution in [-0.4, -0.2) is 19.5 Å². The molecule has 4 nitrogen and oxygen atoms in total. The topological polar surface area (TPSA) is 55.4 Å². The van der Waals surface area contributed by atoms with Gasteiger partial charge in [0, 0.05) is 8.59 Å².